The van der Waals surface area contributed by atoms with Gasteiger partial charge in [0, 0.05) is 26.0 Å². The SMILES string of the molecule is CCc1ccc(N(C)C(=O)c2nn(C)cc2N)cc1. The normalized spacial score (nSPS) is 10.5. The Morgan fingerprint density at radius 2 is 2.00 bits per heavy atom. The second kappa shape index (κ2) is 5.14. The minimum atomic E-state index is -0.206. The minimum Gasteiger partial charge on any atom is -0.396 e. The molecule has 0 bridgehead atoms. The molecule has 0 spiro atoms. The van der Waals surface area contributed by atoms with Gasteiger partial charge >= 0.3 is 0 Å². The van der Waals surface area contributed by atoms with Crippen LogP contribution >= 0.6 is 0 Å². The zero-order valence-electron chi connectivity index (χ0n) is 11.4. The molecule has 2 N–H and O–H groups in total. The third-order valence-electron chi connectivity index (χ3n) is 3.10. The Morgan fingerprint density at radius 3 is 2.47 bits per heavy atom. The number of amides is 1. The molecule has 1 aromatic carbocycles. The van der Waals surface area contributed by atoms with Crippen LogP contribution in [-0.2, 0) is 13.5 Å². The van der Waals surface area contributed by atoms with Crippen LogP contribution < -0.4 is 10.6 Å². The molecular weight excluding hydrogens is 240 g/mol. The lowest BCUT2D eigenvalue weighted by atomic mass is 10.1. The molecule has 2 rings (SSSR count). The van der Waals surface area contributed by atoms with Gasteiger partial charge in [-0.3, -0.25) is 9.48 Å². The Hall–Kier alpha value is -2.30. The van der Waals surface area contributed by atoms with E-state index in [9.17, 15) is 4.79 Å². The lowest BCUT2D eigenvalue weighted by molar-refractivity contribution is 0.0988. The van der Waals surface area contributed by atoms with Gasteiger partial charge in [0.2, 0.25) is 0 Å². The van der Waals surface area contributed by atoms with Crippen LogP contribution in [0.1, 0.15) is 23.0 Å². The van der Waals surface area contributed by atoms with Crippen LogP contribution in [-0.4, -0.2) is 22.7 Å². The fraction of sp³-hybridized carbons (Fsp3) is 0.286. The zero-order chi connectivity index (χ0) is 14.0. The number of anilines is 2. The van der Waals surface area contributed by atoms with Gasteiger partial charge in [0.05, 0.1) is 5.69 Å². The van der Waals surface area contributed by atoms with Gasteiger partial charge in [0.1, 0.15) is 0 Å². The molecular formula is C14H18N4O. The predicted molar refractivity (Wildman–Crippen MR) is 76.2 cm³/mol. The van der Waals surface area contributed by atoms with Crippen molar-refractivity contribution in [3.63, 3.8) is 0 Å². The number of hydrogen-bond acceptors (Lipinski definition) is 3. The molecule has 0 aliphatic heterocycles. The molecule has 19 heavy (non-hydrogen) atoms. The molecule has 0 saturated carbocycles. The number of nitrogen functional groups attached to an aromatic ring is 1. The van der Waals surface area contributed by atoms with Crippen LogP contribution in [0.2, 0.25) is 0 Å². The van der Waals surface area contributed by atoms with Gasteiger partial charge in [-0.25, -0.2) is 0 Å². The van der Waals surface area contributed by atoms with E-state index in [1.54, 1.807) is 25.2 Å². The number of carbonyl (C=O) groups is 1. The maximum atomic E-state index is 12.3. The first-order valence-corrected chi connectivity index (χ1v) is 6.19. The summed E-state index contributed by atoms with van der Waals surface area (Å²) < 4.78 is 1.54. The summed E-state index contributed by atoms with van der Waals surface area (Å²) in [4.78, 5) is 13.9. The number of aromatic nitrogens is 2. The maximum absolute atomic E-state index is 12.3. The first kappa shape index (κ1) is 13.1. The second-order valence-electron chi connectivity index (χ2n) is 4.49. The van der Waals surface area contributed by atoms with Crippen molar-refractivity contribution in [2.75, 3.05) is 17.7 Å². The molecule has 2 aromatic rings. The Labute approximate surface area is 112 Å². The van der Waals surface area contributed by atoms with Crippen LogP contribution in [0.3, 0.4) is 0 Å². The van der Waals surface area contributed by atoms with E-state index < -0.39 is 0 Å². The molecule has 0 fully saturated rings. The van der Waals surface area contributed by atoms with Crippen LogP contribution in [0.4, 0.5) is 11.4 Å². The number of benzene rings is 1. The molecule has 0 aliphatic carbocycles. The van der Waals surface area contributed by atoms with Crippen LogP contribution in [0.15, 0.2) is 30.5 Å². The summed E-state index contributed by atoms with van der Waals surface area (Å²) in [5.74, 6) is -0.206. The highest BCUT2D eigenvalue weighted by Crippen LogP contribution is 2.18. The zero-order valence-corrected chi connectivity index (χ0v) is 11.4. The van der Waals surface area contributed by atoms with Crippen molar-refractivity contribution in [3.8, 4) is 0 Å². The van der Waals surface area contributed by atoms with Gasteiger partial charge in [-0.2, -0.15) is 5.10 Å². The highest BCUT2D eigenvalue weighted by atomic mass is 16.2. The smallest absolute Gasteiger partial charge is 0.280 e. The monoisotopic (exact) mass is 258 g/mol. The second-order valence-corrected chi connectivity index (χ2v) is 4.49. The average molecular weight is 258 g/mol. The van der Waals surface area contributed by atoms with E-state index in [1.807, 2.05) is 24.3 Å². The minimum absolute atomic E-state index is 0.206. The number of aryl methyl sites for hydroxylation is 2. The highest BCUT2D eigenvalue weighted by molar-refractivity contribution is 6.07. The fourth-order valence-electron chi connectivity index (χ4n) is 1.90. The van der Waals surface area contributed by atoms with Gasteiger partial charge < -0.3 is 10.6 Å². The maximum Gasteiger partial charge on any atom is 0.280 e. The highest BCUT2D eigenvalue weighted by Gasteiger charge is 2.19. The van der Waals surface area contributed by atoms with Crippen molar-refractivity contribution in [3.05, 3.63) is 41.7 Å². The fourth-order valence-corrected chi connectivity index (χ4v) is 1.90. The molecule has 1 heterocycles. The Kier molecular flexibility index (Phi) is 3.55. The number of rotatable bonds is 3. The van der Waals surface area contributed by atoms with E-state index in [1.165, 1.54) is 10.2 Å². The third kappa shape index (κ3) is 2.59. The standard InChI is InChI=1S/C14H18N4O/c1-4-10-5-7-11(8-6-10)18(3)14(19)13-12(15)9-17(2)16-13/h5-9H,4,15H2,1-3H3. The van der Waals surface area contributed by atoms with Gasteiger partial charge in [-0.05, 0) is 24.1 Å². The van der Waals surface area contributed by atoms with E-state index >= 15 is 0 Å². The van der Waals surface area contributed by atoms with E-state index in [0.717, 1.165) is 12.1 Å². The van der Waals surface area contributed by atoms with Gasteiger partial charge in [0.25, 0.3) is 5.91 Å². The Balaban J connectivity index is 2.25. The van der Waals surface area contributed by atoms with Gasteiger partial charge in [0.15, 0.2) is 5.69 Å². The lowest BCUT2D eigenvalue weighted by Gasteiger charge is -2.16. The molecule has 5 nitrogen and oxygen atoms in total. The van der Waals surface area contributed by atoms with E-state index in [2.05, 4.69) is 12.0 Å². The number of hydrogen-bond donors (Lipinski definition) is 1. The number of nitrogens with two attached hydrogens (primary N) is 1. The molecule has 5 heteroatoms. The van der Waals surface area contributed by atoms with Crippen molar-refractivity contribution in [1.82, 2.24) is 9.78 Å². The van der Waals surface area contributed by atoms with E-state index in [0.29, 0.717) is 5.69 Å². The van der Waals surface area contributed by atoms with Crippen molar-refractivity contribution < 1.29 is 4.79 Å². The molecule has 1 aromatic heterocycles. The van der Waals surface area contributed by atoms with Crippen LogP contribution in [0.25, 0.3) is 0 Å². The van der Waals surface area contributed by atoms with Crippen LogP contribution in [0.5, 0.6) is 0 Å². The summed E-state index contributed by atoms with van der Waals surface area (Å²) in [6.45, 7) is 2.10. The Morgan fingerprint density at radius 1 is 1.37 bits per heavy atom. The molecule has 0 aliphatic rings. The van der Waals surface area contributed by atoms with Gasteiger partial charge in [-0.1, -0.05) is 19.1 Å². The summed E-state index contributed by atoms with van der Waals surface area (Å²) in [7, 11) is 3.46. The summed E-state index contributed by atoms with van der Waals surface area (Å²) in [6.07, 6.45) is 2.60. The van der Waals surface area contributed by atoms with Crippen LogP contribution in [0, 0.1) is 0 Å². The van der Waals surface area contributed by atoms with E-state index in [4.69, 9.17) is 5.73 Å². The molecule has 0 saturated heterocycles. The topological polar surface area (TPSA) is 64.2 Å². The molecule has 1 amide bonds. The first-order chi connectivity index (χ1) is 9.02. The summed E-state index contributed by atoms with van der Waals surface area (Å²) in [6, 6.07) is 7.88. The molecule has 0 unspecified atom stereocenters. The lowest BCUT2D eigenvalue weighted by Crippen LogP contribution is -2.27. The molecule has 0 radical (unpaired) electrons. The van der Waals surface area contributed by atoms with Crippen molar-refractivity contribution in [1.29, 1.82) is 0 Å². The largest absolute Gasteiger partial charge is 0.396 e. The number of carbonyl (C=O) groups excluding carboxylic acids is 1. The predicted octanol–water partition coefficient (Wildman–Crippen LogP) is 1.84. The average Bonchev–Trinajstić information content (AvgIpc) is 2.76. The number of nitrogens with zero attached hydrogens (tertiary/aromatic N) is 3. The van der Waals surface area contributed by atoms with Crippen molar-refractivity contribution in [2.24, 2.45) is 7.05 Å². The van der Waals surface area contributed by atoms with Gasteiger partial charge in [-0.15, -0.1) is 0 Å². The quantitative estimate of drug-likeness (QED) is 0.913. The summed E-state index contributed by atoms with van der Waals surface area (Å²) in [5, 5.41) is 4.09. The summed E-state index contributed by atoms with van der Waals surface area (Å²) >= 11 is 0. The van der Waals surface area contributed by atoms with Crippen molar-refractivity contribution >= 4 is 17.3 Å². The van der Waals surface area contributed by atoms with Crippen molar-refractivity contribution in [2.45, 2.75) is 13.3 Å². The summed E-state index contributed by atoms with van der Waals surface area (Å²) in [5.41, 5.74) is 8.51. The first-order valence-electron chi connectivity index (χ1n) is 6.19. The third-order valence-corrected chi connectivity index (χ3v) is 3.10. The molecule has 100 valence electrons. The Bertz CT molecular complexity index is 586. The van der Waals surface area contributed by atoms with E-state index in [-0.39, 0.29) is 11.6 Å². The molecule has 0 atom stereocenters.